The molecule has 180 valence electrons. The second-order valence-electron chi connectivity index (χ2n) is 8.10. The summed E-state index contributed by atoms with van der Waals surface area (Å²) < 4.78 is 28.3. The Labute approximate surface area is 199 Å². The van der Waals surface area contributed by atoms with Gasteiger partial charge in [-0.25, -0.2) is 34.1 Å². The van der Waals surface area contributed by atoms with Gasteiger partial charge in [-0.3, -0.25) is 0 Å². The van der Waals surface area contributed by atoms with Crippen molar-refractivity contribution in [1.82, 2.24) is 30.9 Å². The molecule has 3 aliphatic rings. The fraction of sp³-hybridized carbons (Fsp3) is 0.333. The van der Waals surface area contributed by atoms with Crippen molar-refractivity contribution in [1.29, 1.82) is 5.26 Å². The molecule has 1 fully saturated rings. The van der Waals surface area contributed by atoms with Crippen LogP contribution in [-0.2, 0) is 0 Å². The van der Waals surface area contributed by atoms with E-state index in [-0.39, 0.29) is 17.4 Å². The standard InChI is InChI=1S/C21H21F2N11O/c1-13-28-29-30-33(13)19-17(23)12-25-20(27-19)31-4-6-32(7-5-31)21(35)34-18(2-3-26-34)15-8-14(11-24)9-16(22)10-15/h3,8-10,12,18,29-30H,2,4-7H2,1H3/t18-/m0/s1. The molecule has 0 radical (unpaired) electrons. The summed E-state index contributed by atoms with van der Waals surface area (Å²) in [6, 6.07) is 5.17. The quantitative estimate of drug-likeness (QED) is 0.675. The van der Waals surface area contributed by atoms with Crippen molar-refractivity contribution in [2.75, 3.05) is 36.1 Å². The van der Waals surface area contributed by atoms with E-state index in [2.05, 4.69) is 31.2 Å². The first-order valence-corrected chi connectivity index (χ1v) is 10.9. The maximum Gasteiger partial charge on any atom is 0.341 e. The molecule has 2 N–H and O–H groups in total. The molecule has 1 saturated heterocycles. The molecule has 0 bridgehead atoms. The number of hydrogen-bond acceptors (Lipinski definition) is 10. The number of nitrogens with zero attached hydrogens (tertiary/aromatic N) is 9. The Morgan fingerprint density at radius 3 is 2.71 bits per heavy atom. The van der Waals surface area contributed by atoms with E-state index < -0.39 is 17.7 Å². The topological polar surface area (TPSA) is 128 Å². The van der Waals surface area contributed by atoms with Crippen molar-refractivity contribution in [3.05, 3.63) is 47.2 Å². The van der Waals surface area contributed by atoms with E-state index in [1.54, 1.807) is 24.1 Å². The fourth-order valence-electron chi connectivity index (χ4n) is 4.14. The first-order chi connectivity index (χ1) is 16.9. The number of anilines is 2. The largest absolute Gasteiger partial charge is 0.341 e. The van der Waals surface area contributed by atoms with Crippen LogP contribution in [0.5, 0.6) is 0 Å². The van der Waals surface area contributed by atoms with Crippen LogP contribution in [0.4, 0.5) is 25.3 Å². The Morgan fingerprint density at radius 2 is 2.00 bits per heavy atom. The highest BCUT2D eigenvalue weighted by Crippen LogP contribution is 2.31. The molecule has 3 aliphatic heterocycles. The van der Waals surface area contributed by atoms with Crippen LogP contribution in [0, 0.1) is 23.0 Å². The third-order valence-electron chi connectivity index (χ3n) is 5.92. The zero-order valence-electron chi connectivity index (χ0n) is 18.7. The molecule has 5 rings (SSSR count). The molecule has 0 saturated carbocycles. The van der Waals surface area contributed by atoms with Gasteiger partial charge in [-0.15, -0.1) is 10.6 Å². The van der Waals surface area contributed by atoms with Crippen LogP contribution < -0.4 is 21.0 Å². The SMILES string of the molecule is CC1=NNNN1c1nc(N2CCN(C(=O)N3N=CC[C@H]3c3cc(F)cc(C#N)c3)CC2)ncc1F. The maximum atomic E-state index is 14.3. The summed E-state index contributed by atoms with van der Waals surface area (Å²) in [5.41, 5.74) is 5.94. The molecule has 0 unspecified atom stereocenters. The second kappa shape index (κ2) is 9.11. The lowest BCUT2D eigenvalue weighted by Crippen LogP contribution is -2.52. The molecule has 2 aromatic rings. The molecule has 35 heavy (non-hydrogen) atoms. The number of carbonyl (C=O) groups excluding carboxylic acids is 1. The van der Waals surface area contributed by atoms with Crippen molar-refractivity contribution >= 4 is 29.8 Å². The third-order valence-corrected chi connectivity index (χ3v) is 5.92. The average Bonchev–Trinajstić information content (AvgIpc) is 3.53. The molecule has 1 aromatic heterocycles. The van der Waals surface area contributed by atoms with Crippen LogP contribution in [-0.4, -0.2) is 64.1 Å². The number of amides is 2. The molecule has 1 atom stereocenters. The molecule has 12 nitrogen and oxygen atoms in total. The van der Waals surface area contributed by atoms with Crippen LogP contribution in [0.3, 0.4) is 0 Å². The van der Waals surface area contributed by atoms with Crippen LogP contribution in [0.25, 0.3) is 0 Å². The molecule has 2 amide bonds. The lowest BCUT2D eigenvalue weighted by molar-refractivity contribution is 0.139. The van der Waals surface area contributed by atoms with Gasteiger partial charge in [0.15, 0.2) is 11.6 Å². The van der Waals surface area contributed by atoms with Gasteiger partial charge in [0.2, 0.25) is 5.95 Å². The summed E-state index contributed by atoms with van der Waals surface area (Å²) in [5.74, 6) is -0.295. The van der Waals surface area contributed by atoms with E-state index in [0.717, 1.165) is 12.3 Å². The van der Waals surface area contributed by atoms with Gasteiger partial charge >= 0.3 is 6.03 Å². The van der Waals surface area contributed by atoms with Crippen molar-refractivity contribution in [2.24, 2.45) is 10.2 Å². The highest BCUT2D eigenvalue weighted by molar-refractivity contribution is 5.95. The summed E-state index contributed by atoms with van der Waals surface area (Å²) in [6.45, 7) is 3.28. The number of hydrazone groups is 2. The number of hydrazine groups is 2. The van der Waals surface area contributed by atoms with Gasteiger partial charge in [-0.2, -0.15) is 15.3 Å². The number of urea groups is 1. The molecule has 0 spiro atoms. The second-order valence-corrected chi connectivity index (χ2v) is 8.10. The predicted molar refractivity (Wildman–Crippen MR) is 122 cm³/mol. The Bertz CT molecular complexity index is 1250. The van der Waals surface area contributed by atoms with E-state index in [1.165, 1.54) is 16.1 Å². The number of aromatic nitrogens is 2. The normalized spacial score (nSPS) is 19.6. The third kappa shape index (κ3) is 4.28. The number of benzene rings is 1. The van der Waals surface area contributed by atoms with E-state index in [4.69, 9.17) is 5.26 Å². The Kier molecular flexibility index (Phi) is 5.83. The first-order valence-electron chi connectivity index (χ1n) is 10.9. The zero-order valence-corrected chi connectivity index (χ0v) is 18.7. The van der Waals surface area contributed by atoms with Gasteiger partial charge in [-0.05, 0) is 30.7 Å². The van der Waals surface area contributed by atoms with Crippen LogP contribution in [0.15, 0.2) is 34.6 Å². The van der Waals surface area contributed by atoms with Crippen molar-refractivity contribution < 1.29 is 13.6 Å². The summed E-state index contributed by atoms with van der Waals surface area (Å²) >= 11 is 0. The molecule has 0 aliphatic carbocycles. The molecular weight excluding hydrogens is 460 g/mol. The number of hydrogen-bond donors (Lipinski definition) is 2. The van der Waals surface area contributed by atoms with E-state index in [1.807, 2.05) is 11.0 Å². The van der Waals surface area contributed by atoms with Crippen molar-refractivity contribution in [2.45, 2.75) is 19.4 Å². The smallest absolute Gasteiger partial charge is 0.337 e. The number of nitrogens with one attached hydrogen (secondary N) is 2. The molecule has 14 heteroatoms. The van der Waals surface area contributed by atoms with Gasteiger partial charge in [-0.1, -0.05) is 0 Å². The Hall–Kier alpha value is -4.38. The highest BCUT2D eigenvalue weighted by atomic mass is 19.1. The van der Waals surface area contributed by atoms with Crippen molar-refractivity contribution in [3.8, 4) is 6.07 Å². The van der Waals surface area contributed by atoms with Gasteiger partial charge in [0, 0.05) is 38.8 Å². The lowest BCUT2D eigenvalue weighted by atomic mass is 10.0. The van der Waals surface area contributed by atoms with Gasteiger partial charge < -0.3 is 9.80 Å². The number of halogens is 2. The number of piperazine rings is 1. The highest BCUT2D eigenvalue weighted by Gasteiger charge is 2.34. The van der Waals surface area contributed by atoms with E-state index in [0.29, 0.717) is 49.9 Å². The Morgan fingerprint density at radius 1 is 1.20 bits per heavy atom. The average molecular weight is 481 g/mol. The van der Waals surface area contributed by atoms with Crippen LogP contribution >= 0.6 is 0 Å². The summed E-state index contributed by atoms with van der Waals surface area (Å²) in [6.07, 6.45) is 3.13. The lowest BCUT2D eigenvalue weighted by Gasteiger charge is -2.37. The van der Waals surface area contributed by atoms with Gasteiger partial charge in [0.1, 0.15) is 11.7 Å². The van der Waals surface area contributed by atoms with Crippen LogP contribution in [0.1, 0.15) is 30.5 Å². The zero-order chi connectivity index (χ0) is 24.5. The number of carbonyl (C=O) groups is 1. The van der Waals surface area contributed by atoms with Crippen LogP contribution in [0.2, 0.25) is 0 Å². The minimum atomic E-state index is -0.608. The molecule has 4 heterocycles. The molecular formula is C21H21F2N11O. The monoisotopic (exact) mass is 481 g/mol. The Balaban J connectivity index is 1.26. The number of amidine groups is 1. The minimum absolute atomic E-state index is 0.0285. The van der Waals surface area contributed by atoms with E-state index in [9.17, 15) is 13.6 Å². The summed E-state index contributed by atoms with van der Waals surface area (Å²) in [7, 11) is 0. The summed E-state index contributed by atoms with van der Waals surface area (Å²) in [4.78, 5) is 25.2. The summed E-state index contributed by atoms with van der Waals surface area (Å²) in [5, 5.41) is 20.0. The maximum absolute atomic E-state index is 14.3. The first kappa shape index (κ1) is 22.4. The minimum Gasteiger partial charge on any atom is -0.337 e. The fourth-order valence-corrected chi connectivity index (χ4v) is 4.14. The van der Waals surface area contributed by atoms with Crippen molar-refractivity contribution in [3.63, 3.8) is 0 Å². The van der Waals surface area contributed by atoms with E-state index >= 15 is 0 Å². The number of rotatable bonds is 3. The van der Waals surface area contributed by atoms with Gasteiger partial charge in [0.05, 0.1) is 23.9 Å². The molecule has 1 aromatic carbocycles. The predicted octanol–water partition coefficient (Wildman–Crippen LogP) is 1.46. The van der Waals surface area contributed by atoms with Gasteiger partial charge in [0.25, 0.3) is 0 Å². The number of nitriles is 1.